The van der Waals surface area contributed by atoms with E-state index in [9.17, 15) is 22.8 Å². The van der Waals surface area contributed by atoms with Gasteiger partial charge >= 0.3 is 31.0 Å². The fourth-order valence-corrected chi connectivity index (χ4v) is 2.38. The van der Waals surface area contributed by atoms with Crippen LogP contribution in [-0.4, -0.2) is 40.8 Å². The number of rotatable bonds is 4. The molecule has 1 aromatic heterocycles. The van der Waals surface area contributed by atoms with Gasteiger partial charge in [0.1, 0.15) is 0 Å². The van der Waals surface area contributed by atoms with Gasteiger partial charge in [-0.2, -0.15) is 13.2 Å². The molecule has 0 atom stereocenters. The Kier molecular flexibility index (Phi) is 6.33. The molecule has 0 spiro atoms. The van der Waals surface area contributed by atoms with E-state index in [0.29, 0.717) is 0 Å². The number of amides is 1. The van der Waals surface area contributed by atoms with Gasteiger partial charge in [-0.1, -0.05) is 24.3 Å². The number of anilines is 1. The van der Waals surface area contributed by atoms with Crippen molar-refractivity contribution in [2.24, 2.45) is 0 Å². The molecule has 0 radical (unpaired) electrons. The molecule has 0 saturated heterocycles. The number of nitrogens with one attached hydrogen (secondary N) is 1. The molecule has 0 aliphatic carbocycles. The van der Waals surface area contributed by atoms with E-state index >= 15 is 0 Å². The van der Waals surface area contributed by atoms with Crippen LogP contribution in [0.4, 0.5) is 18.9 Å². The molecule has 1 heterocycles. The molecule has 0 aliphatic rings. The maximum atomic E-state index is 12.7. The molecule has 28 heavy (non-hydrogen) atoms. The Balaban J connectivity index is 0.00000280. The van der Waals surface area contributed by atoms with Crippen molar-refractivity contribution in [1.82, 2.24) is 4.98 Å². The molecule has 0 fully saturated rings. The summed E-state index contributed by atoms with van der Waals surface area (Å²) >= 11 is 0. The summed E-state index contributed by atoms with van der Waals surface area (Å²) in [7, 11) is 0. The predicted molar refractivity (Wildman–Crippen MR) is 95.4 cm³/mol. The third-order valence-corrected chi connectivity index (χ3v) is 3.66. The number of carboxylic acids is 1. The number of aromatic nitrogens is 1. The number of carboxylic acid groups (broad SMARTS) is 1. The number of aromatic carboxylic acids is 1. The molecule has 3 rings (SSSR count). The predicted octanol–water partition coefficient (Wildman–Crippen LogP) is 3.66. The molecule has 0 saturated carbocycles. The van der Waals surface area contributed by atoms with E-state index < -0.39 is 23.6 Å². The van der Waals surface area contributed by atoms with Gasteiger partial charge in [0, 0.05) is 5.56 Å². The van der Waals surface area contributed by atoms with Crippen LogP contribution in [0, 0.1) is 0 Å². The van der Waals surface area contributed by atoms with E-state index in [1.54, 1.807) is 6.07 Å². The van der Waals surface area contributed by atoms with E-state index in [1.807, 2.05) is 0 Å². The first kappa shape index (κ1) is 21.3. The number of hydrogen-bond acceptors (Lipinski definition) is 4. The summed E-state index contributed by atoms with van der Waals surface area (Å²) in [4.78, 5) is 27.5. The Morgan fingerprint density at radius 2 is 1.68 bits per heavy atom. The summed E-state index contributed by atoms with van der Waals surface area (Å²) in [5.74, 6) is -2.02. The molecule has 0 unspecified atom stereocenters. The molecule has 0 aliphatic heterocycles. The van der Waals surface area contributed by atoms with Crippen LogP contribution in [0.5, 0.6) is 0 Å². The van der Waals surface area contributed by atoms with Gasteiger partial charge in [-0.25, -0.2) is 9.78 Å². The van der Waals surface area contributed by atoms with Gasteiger partial charge in [0.05, 0.1) is 16.8 Å². The average molecular weight is 384 g/mol. The van der Waals surface area contributed by atoms with Crippen LogP contribution in [0.3, 0.4) is 0 Å². The normalized spacial score (nSPS) is 10.8. The number of alkyl halides is 3. The summed E-state index contributed by atoms with van der Waals surface area (Å²) in [5.41, 5.74) is -0.874. The summed E-state index contributed by atoms with van der Waals surface area (Å²) in [6.45, 7) is 0. The van der Waals surface area contributed by atoms with Crippen molar-refractivity contribution in [2.45, 2.75) is 6.18 Å². The third kappa shape index (κ3) is 4.44. The molecular formula is C18H12F3LiN2O4. The zero-order valence-electron chi connectivity index (χ0n) is 13.4. The van der Waals surface area contributed by atoms with Crippen LogP contribution in [-0.2, 0) is 6.18 Å². The van der Waals surface area contributed by atoms with Gasteiger partial charge in [-0.15, -0.1) is 0 Å². The van der Waals surface area contributed by atoms with Crippen molar-refractivity contribution in [3.63, 3.8) is 0 Å². The second-order valence-electron chi connectivity index (χ2n) is 5.41. The Bertz CT molecular complexity index is 1000. The van der Waals surface area contributed by atoms with Gasteiger partial charge in [0.15, 0.2) is 17.8 Å². The molecule has 6 nitrogen and oxygen atoms in total. The summed E-state index contributed by atoms with van der Waals surface area (Å²) < 4.78 is 43.1. The first-order valence-electron chi connectivity index (χ1n) is 7.52. The van der Waals surface area contributed by atoms with E-state index in [0.717, 1.165) is 30.7 Å². The SMILES string of the molecule is O=C(O)c1ccccc1NC(=O)c1ncoc1-c1ccc(C(F)(F)F)cc1.[LiH]. The van der Waals surface area contributed by atoms with Crippen LogP contribution >= 0.6 is 0 Å². The number of nitrogens with zero attached hydrogens (tertiary/aromatic N) is 1. The molecule has 0 bridgehead atoms. The Hall–Kier alpha value is -3.02. The molecular weight excluding hydrogens is 372 g/mol. The fourth-order valence-electron chi connectivity index (χ4n) is 2.38. The van der Waals surface area contributed by atoms with Gasteiger partial charge in [0.2, 0.25) is 0 Å². The van der Waals surface area contributed by atoms with Gasteiger partial charge in [0.25, 0.3) is 5.91 Å². The summed E-state index contributed by atoms with van der Waals surface area (Å²) in [6, 6.07) is 9.80. The summed E-state index contributed by atoms with van der Waals surface area (Å²) in [5, 5.41) is 11.6. The molecule has 140 valence electrons. The molecule has 10 heteroatoms. The first-order valence-corrected chi connectivity index (χ1v) is 7.52. The van der Waals surface area contributed by atoms with Crippen molar-refractivity contribution >= 4 is 36.4 Å². The molecule has 2 aromatic carbocycles. The first-order chi connectivity index (χ1) is 12.8. The Labute approximate surface area is 168 Å². The monoisotopic (exact) mass is 384 g/mol. The third-order valence-electron chi connectivity index (χ3n) is 3.66. The molecule has 3 aromatic rings. The number of hydrogen-bond donors (Lipinski definition) is 2. The Morgan fingerprint density at radius 1 is 1.04 bits per heavy atom. The van der Waals surface area contributed by atoms with Crippen molar-refractivity contribution in [3.05, 3.63) is 71.7 Å². The number of carbonyl (C=O) groups is 2. The topological polar surface area (TPSA) is 92.4 Å². The number of benzene rings is 2. The average Bonchev–Trinajstić information content (AvgIpc) is 3.11. The van der Waals surface area contributed by atoms with E-state index in [2.05, 4.69) is 10.3 Å². The Morgan fingerprint density at radius 3 is 2.29 bits per heavy atom. The van der Waals surface area contributed by atoms with Crippen LogP contribution in [0.1, 0.15) is 26.4 Å². The van der Waals surface area contributed by atoms with Gasteiger partial charge < -0.3 is 14.8 Å². The van der Waals surface area contributed by atoms with Crippen molar-refractivity contribution in [1.29, 1.82) is 0 Å². The second-order valence-corrected chi connectivity index (χ2v) is 5.41. The van der Waals surface area contributed by atoms with Crippen LogP contribution < -0.4 is 5.32 Å². The summed E-state index contributed by atoms with van der Waals surface area (Å²) in [6.07, 6.45) is -3.51. The second kappa shape index (κ2) is 8.33. The number of para-hydroxylation sites is 1. The van der Waals surface area contributed by atoms with E-state index in [1.165, 1.54) is 18.2 Å². The fraction of sp³-hybridized carbons (Fsp3) is 0.0556. The number of carbonyl (C=O) groups excluding carboxylic acids is 1. The van der Waals surface area contributed by atoms with Crippen molar-refractivity contribution < 1.29 is 32.3 Å². The zero-order valence-corrected chi connectivity index (χ0v) is 13.4. The zero-order chi connectivity index (χ0) is 19.6. The molecule has 2 N–H and O–H groups in total. The van der Waals surface area contributed by atoms with E-state index in [-0.39, 0.29) is 47.1 Å². The van der Waals surface area contributed by atoms with Crippen LogP contribution in [0.2, 0.25) is 0 Å². The van der Waals surface area contributed by atoms with Gasteiger partial charge in [-0.3, -0.25) is 4.79 Å². The van der Waals surface area contributed by atoms with Crippen molar-refractivity contribution in [3.8, 4) is 11.3 Å². The van der Waals surface area contributed by atoms with Crippen molar-refractivity contribution in [2.75, 3.05) is 5.32 Å². The standard InChI is InChI=1S/C18H11F3N2O4.Li.H/c19-18(20,21)11-7-5-10(6-8-11)15-14(22-9-27-15)16(24)23-13-4-2-1-3-12(13)17(25)26;;/h1-9H,(H,23,24)(H,25,26);;. The maximum absolute atomic E-state index is 12.7. The quantitative estimate of drug-likeness (QED) is 0.670. The number of oxazole rings is 1. The van der Waals surface area contributed by atoms with Gasteiger partial charge in [-0.05, 0) is 24.3 Å². The van der Waals surface area contributed by atoms with E-state index in [4.69, 9.17) is 9.52 Å². The van der Waals surface area contributed by atoms with Crippen LogP contribution in [0.15, 0.2) is 59.3 Å². The number of halogens is 3. The molecule has 1 amide bonds. The minimum absolute atomic E-state index is 0. The minimum atomic E-state index is -4.49. The van der Waals surface area contributed by atoms with Crippen LogP contribution in [0.25, 0.3) is 11.3 Å².